The number of carbonyl (C=O) groups excluding carboxylic acids is 1. The number of carbonyl (C=O) groups is 1. The Bertz CT molecular complexity index is 473. The summed E-state index contributed by atoms with van der Waals surface area (Å²) in [7, 11) is 0. The molecular formula is C16H25BrN2O2. The lowest BCUT2D eigenvalue weighted by molar-refractivity contribution is -0.137. The van der Waals surface area contributed by atoms with Gasteiger partial charge in [-0.3, -0.25) is 4.79 Å². The number of likely N-dealkylation sites (N-methyl/N-ethyl adjacent to an activating group) is 1. The quantitative estimate of drug-likeness (QED) is 0.816. The van der Waals surface area contributed by atoms with Crippen molar-refractivity contribution >= 4 is 21.8 Å². The number of hydrogen-bond donors (Lipinski definition) is 1. The first-order valence-corrected chi connectivity index (χ1v) is 8.17. The van der Waals surface area contributed by atoms with Gasteiger partial charge >= 0.3 is 0 Å². The smallest absolute Gasteiger partial charge is 0.263 e. The van der Waals surface area contributed by atoms with Crippen molar-refractivity contribution in [3.8, 4) is 5.75 Å². The van der Waals surface area contributed by atoms with E-state index >= 15 is 0 Å². The third-order valence-electron chi connectivity index (χ3n) is 3.29. The van der Waals surface area contributed by atoms with Gasteiger partial charge in [0.05, 0.1) is 0 Å². The summed E-state index contributed by atoms with van der Waals surface area (Å²) in [5.41, 5.74) is 6.93. The van der Waals surface area contributed by atoms with Crippen LogP contribution in [0.4, 0.5) is 0 Å². The van der Waals surface area contributed by atoms with Gasteiger partial charge in [-0.2, -0.15) is 0 Å². The van der Waals surface area contributed by atoms with Crippen LogP contribution >= 0.6 is 15.9 Å². The van der Waals surface area contributed by atoms with Crippen molar-refractivity contribution in [1.29, 1.82) is 0 Å². The second-order valence-corrected chi connectivity index (χ2v) is 6.06. The lowest BCUT2D eigenvalue weighted by Gasteiger charge is -2.23. The number of nitrogens with zero attached hydrogens (tertiary/aromatic N) is 1. The molecule has 21 heavy (non-hydrogen) atoms. The highest BCUT2D eigenvalue weighted by Crippen LogP contribution is 2.24. The van der Waals surface area contributed by atoms with Crippen LogP contribution in [0.1, 0.15) is 33.3 Å². The molecule has 0 fully saturated rings. The van der Waals surface area contributed by atoms with Crippen LogP contribution in [0.25, 0.3) is 0 Å². The SMILES string of the molecule is CCN(CC)C(=O)C(C)Oc1ccc(Br)c(CC(C)N)c1. The Kier molecular flexibility index (Phi) is 7.18. The number of halogens is 1. The molecule has 2 N–H and O–H groups in total. The summed E-state index contributed by atoms with van der Waals surface area (Å²) in [6.45, 7) is 9.07. The molecule has 2 unspecified atom stereocenters. The van der Waals surface area contributed by atoms with Crippen molar-refractivity contribution in [2.24, 2.45) is 5.73 Å². The largest absolute Gasteiger partial charge is 0.481 e. The molecule has 0 saturated heterocycles. The van der Waals surface area contributed by atoms with Crippen LogP contribution in [0.2, 0.25) is 0 Å². The Hall–Kier alpha value is -1.07. The first-order chi connectivity index (χ1) is 9.88. The minimum Gasteiger partial charge on any atom is -0.481 e. The highest BCUT2D eigenvalue weighted by Gasteiger charge is 2.20. The molecule has 0 aromatic heterocycles. The Morgan fingerprint density at radius 3 is 2.48 bits per heavy atom. The molecule has 0 radical (unpaired) electrons. The molecule has 0 aliphatic heterocycles. The molecule has 0 saturated carbocycles. The van der Waals surface area contributed by atoms with Gasteiger partial charge in [0.1, 0.15) is 5.75 Å². The van der Waals surface area contributed by atoms with E-state index in [0.29, 0.717) is 18.8 Å². The van der Waals surface area contributed by atoms with Crippen LogP contribution in [-0.4, -0.2) is 36.0 Å². The standard InChI is InChI=1S/C16H25BrN2O2/c1-5-19(6-2)16(20)12(4)21-14-7-8-15(17)13(10-14)9-11(3)18/h7-8,10-12H,5-6,9,18H2,1-4H3. The van der Waals surface area contributed by atoms with E-state index in [2.05, 4.69) is 15.9 Å². The van der Waals surface area contributed by atoms with Gasteiger partial charge in [-0.1, -0.05) is 15.9 Å². The van der Waals surface area contributed by atoms with Crippen molar-refractivity contribution in [2.75, 3.05) is 13.1 Å². The van der Waals surface area contributed by atoms with E-state index < -0.39 is 6.10 Å². The molecule has 1 aromatic rings. The Morgan fingerprint density at radius 1 is 1.33 bits per heavy atom. The summed E-state index contributed by atoms with van der Waals surface area (Å²) in [5.74, 6) is 0.707. The Balaban J connectivity index is 2.80. The average molecular weight is 357 g/mol. The number of rotatable bonds is 7. The van der Waals surface area contributed by atoms with Gasteiger partial charge in [0.25, 0.3) is 5.91 Å². The lowest BCUT2D eigenvalue weighted by Crippen LogP contribution is -2.40. The molecular weight excluding hydrogens is 332 g/mol. The van der Waals surface area contributed by atoms with Crippen molar-refractivity contribution in [3.63, 3.8) is 0 Å². The molecule has 5 heteroatoms. The van der Waals surface area contributed by atoms with E-state index in [9.17, 15) is 4.79 Å². The number of ether oxygens (including phenoxy) is 1. The lowest BCUT2D eigenvalue weighted by atomic mass is 10.1. The molecule has 1 aromatic carbocycles. The zero-order valence-corrected chi connectivity index (χ0v) is 14.8. The van der Waals surface area contributed by atoms with E-state index in [1.807, 2.05) is 39.0 Å². The summed E-state index contributed by atoms with van der Waals surface area (Å²) in [6, 6.07) is 5.81. The fraction of sp³-hybridized carbons (Fsp3) is 0.562. The zero-order valence-electron chi connectivity index (χ0n) is 13.2. The van der Waals surface area contributed by atoms with Crippen molar-refractivity contribution < 1.29 is 9.53 Å². The second kappa shape index (κ2) is 8.39. The van der Waals surface area contributed by atoms with Gasteiger partial charge in [-0.15, -0.1) is 0 Å². The molecule has 118 valence electrons. The predicted octanol–water partition coefficient (Wildman–Crippen LogP) is 2.97. The summed E-state index contributed by atoms with van der Waals surface area (Å²) < 4.78 is 6.79. The molecule has 1 amide bonds. The minimum atomic E-state index is -0.491. The van der Waals surface area contributed by atoms with E-state index in [4.69, 9.17) is 10.5 Å². The third kappa shape index (κ3) is 5.32. The summed E-state index contributed by atoms with van der Waals surface area (Å²) in [4.78, 5) is 14.0. The summed E-state index contributed by atoms with van der Waals surface area (Å²) in [6.07, 6.45) is 0.269. The molecule has 2 atom stereocenters. The van der Waals surface area contributed by atoms with Crippen LogP contribution in [-0.2, 0) is 11.2 Å². The minimum absolute atomic E-state index is 0.0108. The first kappa shape index (κ1) is 18.0. The second-order valence-electron chi connectivity index (χ2n) is 5.21. The molecule has 0 aliphatic carbocycles. The van der Waals surface area contributed by atoms with Crippen molar-refractivity contribution in [3.05, 3.63) is 28.2 Å². The number of benzene rings is 1. The normalized spacial score (nSPS) is 13.6. The maximum atomic E-state index is 12.2. The van der Waals surface area contributed by atoms with Crippen LogP contribution in [0, 0.1) is 0 Å². The molecule has 0 spiro atoms. The van der Waals surface area contributed by atoms with Crippen LogP contribution < -0.4 is 10.5 Å². The van der Waals surface area contributed by atoms with Gasteiger partial charge in [0, 0.05) is 23.6 Å². The number of hydrogen-bond acceptors (Lipinski definition) is 3. The molecule has 4 nitrogen and oxygen atoms in total. The maximum Gasteiger partial charge on any atom is 0.263 e. The van der Waals surface area contributed by atoms with E-state index in [1.54, 1.807) is 11.8 Å². The van der Waals surface area contributed by atoms with Crippen molar-refractivity contribution in [2.45, 2.75) is 46.3 Å². The predicted molar refractivity (Wildman–Crippen MR) is 89.5 cm³/mol. The molecule has 0 bridgehead atoms. The Labute approximate surface area is 135 Å². The molecule has 0 heterocycles. The zero-order chi connectivity index (χ0) is 16.0. The highest BCUT2D eigenvalue weighted by atomic mass is 79.9. The van der Waals surface area contributed by atoms with Crippen LogP contribution in [0.5, 0.6) is 5.75 Å². The fourth-order valence-corrected chi connectivity index (χ4v) is 2.58. The molecule has 0 aliphatic rings. The first-order valence-electron chi connectivity index (χ1n) is 7.38. The van der Waals surface area contributed by atoms with Crippen molar-refractivity contribution in [1.82, 2.24) is 4.90 Å². The van der Waals surface area contributed by atoms with Gasteiger partial charge in [-0.05, 0) is 57.9 Å². The monoisotopic (exact) mass is 356 g/mol. The third-order valence-corrected chi connectivity index (χ3v) is 4.07. The van der Waals surface area contributed by atoms with Gasteiger partial charge < -0.3 is 15.4 Å². The van der Waals surface area contributed by atoms with Gasteiger partial charge in [0.2, 0.25) is 0 Å². The maximum absolute atomic E-state index is 12.2. The Morgan fingerprint density at radius 2 is 1.95 bits per heavy atom. The summed E-state index contributed by atoms with van der Waals surface area (Å²) >= 11 is 3.51. The number of nitrogens with two attached hydrogens (primary N) is 1. The number of amides is 1. The van der Waals surface area contributed by atoms with E-state index in [0.717, 1.165) is 16.5 Å². The average Bonchev–Trinajstić information content (AvgIpc) is 2.43. The van der Waals surface area contributed by atoms with Crippen LogP contribution in [0.3, 0.4) is 0 Å². The summed E-state index contributed by atoms with van der Waals surface area (Å²) in [5, 5.41) is 0. The fourth-order valence-electron chi connectivity index (χ4n) is 2.17. The van der Waals surface area contributed by atoms with E-state index in [-0.39, 0.29) is 11.9 Å². The van der Waals surface area contributed by atoms with Gasteiger partial charge in [0.15, 0.2) is 6.10 Å². The molecule has 1 rings (SSSR count). The topological polar surface area (TPSA) is 55.6 Å². The highest BCUT2D eigenvalue weighted by molar-refractivity contribution is 9.10. The van der Waals surface area contributed by atoms with Gasteiger partial charge in [-0.25, -0.2) is 0 Å². The van der Waals surface area contributed by atoms with E-state index in [1.165, 1.54) is 0 Å². The van der Waals surface area contributed by atoms with Crippen LogP contribution in [0.15, 0.2) is 22.7 Å².